The first-order valence-electron chi connectivity index (χ1n) is 9.27. The first-order chi connectivity index (χ1) is 13.0. The Hall–Kier alpha value is -1.58. The number of aromatic nitrogens is 2. The quantitative estimate of drug-likeness (QED) is 0.647. The predicted molar refractivity (Wildman–Crippen MR) is 107 cm³/mol. The molecule has 0 unspecified atom stereocenters. The van der Waals surface area contributed by atoms with Crippen LogP contribution in [0.25, 0.3) is 11.3 Å². The van der Waals surface area contributed by atoms with Crippen molar-refractivity contribution in [3.63, 3.8) is 0 Å². The Labute approximate surface area is 163 Å². The lowest BCUT2D eigenvalue weighted by Crippen LogP contribution is -2.34. The summed E-state index contributed by atoms with van der Waals surface area (Å²) in [5.41, 5.74) is 0.997. The molecule has 148 valence electrons. The van der Waals surface area contributed by atoms with Gasteiger partial charge in [-0.2, -0.15) is 4.39 Å². The van der Waals surface area contributed by atoms with Crippen molar-refractivity contribution in [1.29, 1.82) is 0 Å². The lowest BCUT2D eigenvalue weighted by Gasteiger charge is -2.29. The maximum Gasteiger partial charge on any atom is 0.222 e. The van der Waals surface area contributed by atoms with Gasteiger partial charge in [0.05, 0.1) is 17.0 Å². The Kier molecular flexibility index (Phi) is 6.78. The highest BCUT2D eigenvalue weighted by atomic mass is 32.2. The molecular formula is C18H25FN4O2S2. The van der Waals surface area contributed by atoms with E-state index < -0.39 is 16.0 Å². The molecule has 0 atom stereocenters. The summed E-state index contributed by atoms with van der Waals surface area (Å²) in [6.45, 7) is 2.39. The van der Waals surface area contributed by atoms with E-state index in [1.54, 1.807) is 12.1 Å². The number of rotatable bonds is 8. The van der Waals surface area contributed by atoms with Crippen LogP contribution < -0.4 is 10.0 Å². The Morgan fingerprint density at radius 1 is 1.30 bits per heavy atom. The van der Waals surface area contributed by atoms with Crippen LogP contribution in [-0.2, 0) is 10.0 Å². The first-order valence-corrected chi connectivity index (χ1v) is 11.8. The Bertz CT molecular complexity index is 849. The molecule has 2 aromatic heterocycles. The predicted octanol–water partition coefficient (Wildman–Crippen LogP) is 3.64. The maximum atomic E-state index is 13.8. The van der Waals surface area contributed by atoms with Gasteiger partial charge in [-0.25, -0.2) is 23.1 Å². The molecule has 0 spiro atoms. The number of hydrogen-bond donors (Lipinski definition) is 2. The second-order valence-electron chi connectivity index (χ2n) is 6.91. The van der Waals surface area contributed by atoms with Gasteiger partial charge in [0, 0.05) is 24.2 Å². The van der Waals surface area contributed by atoms with E-state index in [2.05, 4.69) is 20.0 Å². The summed E-state index contributed by atoms with van der Waals surface area (Å²) < 4.78 is 40.0. The molecule has 0 amide bonds. The van der Waals surface area contributed by atoms with Gasteiger partial charge in [-0.05, 0) is 50.2 Å². The summed E-state index contributed by atoms with van der Waals surface area (Å²) >= 11 is 1.46. The standard InChI is InChI=1S/C18H25FN4O2S2/c1-2-10-27(24,25)21-11-13-5-7-14(8-6-13)22-18-23-16(12-26-18)15-4-3-9-20-17(15)19/h3-4,9,12-14,21H,2,5-8,10-11H2,1H3,(H,22,23). The van der Waals surface area contributed by atoms with Crippen molar-refractivity contribution in [1.82, 2.24) is 14.7 Å². The van der Waals surface area contributed by atoms with Gasteiger partial charge in [0.2, 0.25) is 16.0 Å². The maximum absolute atomic E-state index is 13.8. The van der Waals surface area contributed by atoms with Gasteiger partial charge in [-0.3, -0.25) is 0 Å². The number of anilines is 1. The van der Waals surface area contributed by atoms with E-state index in [0.29, 0.717) is 36.2 Å². The van der Waals surface area contributed by atoms with Gasteiger partial charge in [0.1, 0.15) is 0 Å². The zero-order chi connectivity index (χ0) is 19.3. The van der Waals surface area contributed by atoms with Gasteiger partial charge >= 0.3 is 0 Å². The summed E-state index contributed by atoms with van der Waals surface area (Å²) in [7, 11) is -3.13. The van der Waals surface area contributed by atoms with E-state index >= 15 is 0 Å². The van der Waals surface area contributed by atoms with Crippen molar-refractivity contribution in [3.05, 3.63) is 29.7 Å². The summed E-state index contributed by atoms with van der Waals surface area (Å²) in [4.78, 5) is 8.14. The van der Waals surface area contributed by atoms with Crippen LogP contribution >= 0.6 is 11.3 Å². The molecule has 3 rings (SSSR count). The van der Waals surface area contributed by atoms with Crippen LogP contribution in [0.1, 0.15) is 39.0 Å². The van der Waals surface area contributed by atoms with Gasteiger partial charge in [-0.1, -0.05) is 6.92 Å². The van der Waals surface area contributed by atoms with Crippen molar-refractivity contribution in [2.24, 2.45) is 5.92 Å². The van der Waals surface area contributed by atoms with Crippen molar-refractivity contribution in [2.45, 2.75) is 45.1 Å². The highest BCUT2D eigenvalue weighted by molar-refractivity contribution is 7.89. The van der Waals surface area contributed by atoms with E-state index in [9.17, 15) is 12.8 Å². The molecule has 0 aliphatic heterocycles. The number of hydrogen-bond acceptors (Lipinski definition) is 6. The fourth-order valence-electron chi connectivity index (χ4n) is 3.31. The smallest absolute Gasteiger partial charge is 0.222 e. The Morgan fingerprint density at radius 2 is 2.07 bits per heavy atom. The highest BCUT2D eigenvalue weighted by Crippen LogP contribution is 2.30. The minimum atomic E-state index is -3.13. The fraction of sp³-hybridized carbons (Fsp3) is 0.556. The van der Waals surface area contributed by atoms with Crippen molar-refractivity contribution in [2.75, 3.05) is 17.6 Å². The second-order valence-corrected chi connectivity index (χ2v) is 9.69. The summed E-state index contributed by atoms with van der Waals surface area (Å²) in [6, 6.07) is 3.68. The molecule has 1 aliphatic rings. The second kappa shape index (κ2) is 9.07. The van der Waals surface area contributed by atoms with Gasteiger partial charge in [0.25, 0.3) is 0 Å². The van der Waals surface area contributed by atoms with E-state index in [0.717, 1.165) is 30.8 Å². The zero-order valence-electron chi connectivity index (χ0n) is 15.3. The molecule has 0 aromatic carbocycles. The van der Waals surface area contributed by atoms with Gasteiger partial charge in [-0.15, -0.1) is 11.3 Å². The molecule has 1 saturated carbocycles. The summed E-state index contributed by atoms with van der Waals surface area (Å²) in [5, 5.41) is 6.04. The summed E-state index contributed by atoms with van der Waals surface area (Å²) in [6.07, 6.45) is 5.94. The molecule has 0 bridgehead atoms. The van der Waals surface area contributed by atoms with Gasteiger partial charge < -0.3 is 5.32 Å². The van der Waals surface area contributed by atoms with Crippen LogP contribution in [0.4, 0.5) is 9.52 Å². The molecule has 1 aliphatic carbocycles. The van der Waals surface area contributed by atoms with Crippen LogP contribution in [0.2, 0.25) is 0 Å². The third-order valence-electron chi connectivity index (χ3n) is 4.78. The monoisotopic (exact) mass is 412 g/mol. The average molecular weight is 413 g/mol. The third kappa shape index (κ3) is 5.70. The van der Waals surface area contributed by atoms with Crippen LogP contribution in [-0.4, -0.2) is 36.7 Å². The largest absolute Gasteiger partial charge is 0.359 e. The van der Waals surface area contributed by atoms with E-state index in [1.165, 1.54) is 17.5 Å². The minimum absolute atomic E-state index is 0.188. The molecule has 9 heteroatoms. The number of thiazole rings is 1. The Balaban J connectivity index is 1.48. The number of nitrogens with one attached hydrogen (secondary N) is 2. The average Bonchev–Trinajstić information content (AvgIpc) is 3.10. The van der Waals surface area contributed by atoms with E-state index in [4.69, 9.17) is 0 Å². The Morgan fingerprint density at radius 3 is 2.78 bits per heavy atom. The van der Waals surface area contributed by atoms with Crippen molar-refractivity contribution in [3.8, 4) is 11.3 Å². The van der Waals surface area contributed by atoms with E-state index in [-0.39, 0.29) is 5.75 Å². The van der Waals surface area contributed by atoms with Crippen LogP contribution in [0.15, 0.2) is 23.7 Å². The van der Waals surface area contributed by atoms with Gasteiger partial charge in [0.15, 0.2) is 5.13 Å². The molecule has 2 heterocycles. The number of halogens is 1. The van der Waals surface area contributed by atoms with Crippen molar-refractivity contribution < 1.29 is 12.8 Å². The molecular weight excluding hydrogens is 387 g/mol. The van der Waals surface area contributed by atoms with Crippen molar-refractivity contribution >= 4 is 26.5 Å². The molecule has 1 fully saturated rings. The van der Waals surface area contributed by atoms with E-state index in [1.807, 2.05) is 12.3 Å². The molecule has 6 nitrogen and oxygen atoms in total. The normalized spacial score (nSPS) is 20.5. The number of nitrogens with zero attached hydrogens (tertiary/aromatic N) is 2. The topological polar surface area (TPSA) is 84.0 Å². The fourth-order valence-corrected chi connectivity index (χ4v) is 5.27. The molecule has 0 radical (unpaired) electrons. The summed E-state index contributed by atoms with van der Waals surface area (Å²) in [5.74, 6) is 0.0553. The molecule has 2 N–H and O–H groups in total. The number of sulfonamides is 1. The third-order valence-corrected chi connectivity index (χ3v) is 7.10. The lowest BCUT2D eigenvalue weighted by molar-refractivity contribution is 0.337. The SMILES string of the molecule is CCCS(=O)(=O)NCC1CCC(Nc2nc(-c3cccnc3F)cs2)CC1. The molecule has 2 aromatic rings. The van der Waals surface area contributed by atoms with Crippen LogP contribution in [0.5, 0.6) is 0 Å². The zero-order valence-corrected chi connectivity index (χ0v) is 17.0. The van der Waals surface area contributed by atoms with Crippen LogP contribution in [0, 0.1) is 11.9 Å². The molecule has 27 heavy (non-hydrogen) atoms. The van der Waals surface area contributed by atoms with Crippen LogP contribution in [0.3, 0.4) is 0 Å². The highest BCUT2D eigenvalue weighted by Gasteiger charge is 2.23. The first kappa shape index (κ1) is 20.2. The lowest BCUT2D eigenvalue weighted by atomic mass is 9.86. The number of pyridine rings is 1. The minimum Gasteiger partial charge on any atom is -0.359 e. The molecule has 0 saturated heterocycles.